The van der Waals surface area contributed by atoms with Gasteiger partial charge in [0.1, 0.15) is 11.5 Å². The maximum Gasteiger partial charge on any atom is 0.219 e. The van der Waals surface area contributed by atoms with E-state index in [0.717, 1.165) is 27.6 Å². The van der Waals surface area contributed by atoms with E-state index in [1.54, 1.807) is 12.1 Å². The van der Waals surface area contributed by atoms with Crippen molar-refractivity contribution in [1.29, 1.82) is 0 Å². The highest BCUT2D eigenvalue weighted by molar-refractivity contribution is 6.31. The number of hydrogen-bond acceptors (Lipinski definition) is 4. The van der Waals surface area contributed by atoms with Gasteiger partial charge in [-0.15, -0.1) is 0 Å². The summed E-state index contributed by atoms with van der Waals surface area (Å²) in [7, 11) is 0. The minimum atomic E-state index is -0.00141. The number of ether oxygens (including phenoxy) is 1. The summed E-state index contributed by atoms with van der Waals surface area (Å²) < 4.78 is 5.97. The first-order chi connectivity index (χ1) is 13.4. The number of aromatic nitrogens is 1. The molecule has 28 heavy (non-hydrogen) atoms. The Morgan fingerprint density at radius 2 is 1.79 bits per heavy atom. The van der Waals surface area contributed by atoms with Crippen LogP contribution in [0.5, 0.6) is 11.6 Å². The van der Waals surface area contributed by atoms with Gasteiger partial charge in [-0.3, -0.25) is 4.79 Å². The molecule has 2 aromatic carbocycles. The molecule has 0 aliphatic heterocycles. The number of aryl methyl sites for hydroxylation is 2. The van der Waals surface area contributed by atoms with Gasteiger partial charge in [0.25, 0.3) is 0 Å². The van der Waals surface area contributed by atoms with Crippen molar-refractivity contribution in [2.75, 3.05) is 0 Å². The second kappa shape index (κ2) is 7.28. The van der Waals surface area contributed by atoms with Gasteiger partial charge in [-0.25, -0.2) is 4.98 Å². The molecule has 5 heteroatoms. The number of fused-ring (bicyclic) bond motifs is 1. The molecule has 0 atom stereocenters. The smallest absolute Gasteiger partial charge is 0.219 e. The quantitative estimate of drug-likeness (QED) is 0.565. The van der Waals surface area contributed by atoms with Crippen molar-refractivity contribution in [2.24, 2.45) is 0 Å². The maximum atomic E-state index is 12.4. The van der Waals surface area contributed by atoms with Gasteiger partial charge in [0, 0.05) is 29.3 Å². The zero-order valence-electron chi connectivity index (χ0n) is 15.8. The first-order valence-corrected chi connectivity index (χ1v) is 9.61. The number of ketones is 1. The molecule has 0 fully saturated rings. The molecule has 0 saturated heterocycles. The third kappa shape index (κ3) is 3.48. The van der Waals surface area contributed by atoms with E-state index in [2.05, 4.69) is 4.98 Å². The molecule has 0 saturated carbocycles. The lowest BCUT2D eigenvalue weighted by Crippen LogP contribution is -2.12. The van der Waals surface area contributed by atoms with Gasteiger partial charge >= 0.3 is 0 Å². The lowest BCUT2D eigenvalue weighted by atomic mass is 9.86. The van der Waals surface area contributed by atoms with Gasteiger partial charge in [0.2, 0.25) is 5.88 Å². The molecule has 0 radical (unpaired) electrons. The van der Waals surface area contributed by atoms with Crippen LogP contribution in [0.1, 0.15) is 36.0 Å². The number of pyridine rings is 1. The van der Waals surface area contributed by atoms with Crippen molar-refractivity contribution in [3.8, 4) is 11.6 Å². The maximum absolute atomic E-state index is 12.4. The number of rotatable bonds is 3. The Balaban J connectivity index is 1.69. The van der Waals surface area contributed by atoms with Crippen LogP contribution in [0.15, 0.2) is 48.2 Å². The summed E-state index contributed by atoms with van der Waals surface area (Å²) in [6.07, 6.45) is 1.72. The van der Waals surface area contributed by atoms with E-state index in [1.807, 2.05) is 44.2 Å². The third-order valence-corrected chi connectivity index (χ3v) is 5.22. The number of aliphatic hydroxyl groups excluding tert-OH is 1. The van der Waals surface area contributed by atoms with Crippen LogP contribution in [0.2, 0.25) is 5.02 Å². The van der Waals surface area contributed by atoms with E-state index in [4.69, 9.17) is 16.3 Å². The zero-order chi connectivity index (χ0) is 19.8. The lowest BCUT2D eigenvalue weighted by Gasteiger charge is -2.20. The number of carbonyl (C=O) groups is 1. The first kappa shape index (κ1) is 18.5. The van der Waals surface area contributed by atoms with Gasteiger partial charge in [-0.05, 0) is 73.4 Å². The minimum absolute atomic E-state index is 0.00141. The van der Waals surface area contributed by atoms with Crippen LogP contribution in [0.4, 0.5) is 0 Å². The Morgan fingerprint density at radius 1 is 1.04 bits per heavy atom. The molecule has 142 valence electrons. The van der Waals surface area contributed by atoms with Crippen LogP contribution < -0.4 is 4.74 Å². The summed E-state index contributed by atoms with van der Waals surface area (Å²) in [5.41, 5.74) is 3.83. The number of Topliss-reactive ketones (excluding diaryl/α,β-unsaturated/α-hetero) is 1. The van der Waals surface area contributed by atoms with Crippen molar-refractivity contribution in [3.63, 3.8) is 0 Å². The molecule has 1 N–H and O–H groups in total. The van der Waals surface area contributed by atoms with Crippen LogP contribution >= 0.6 is 11.6 Å². The summed E-state index contributed by atoms with van der Waals surface area (Å²) in [6, 6.07) is 13.0. The highest BCUT2D eigenvalue weighted by atomic mass is 35.5. The molecule has 0 unspecified atom stereocenters. The van der Waals surface area contributed by atoms with E-state index in [-0.39, 0.29) is 11.5 Å². The molecule has 0 amide bonds. The predicted molar refractivity (Wildman–Crippen MR) is 111 cm³/mol. The lowest BCUT2D eigenvalue weighted by molar-refractivity contribution is -0.114. The summed E-state index contributed by atoms with van der Waals surface area (Å²) >= 11 is 6.02. The molecule has 1 heterocycles. The summed E-state index contributed by atoms with van der Waals surface area (Å²) in [4.78, 5) is 16.9. The van der Waals surface area contributed by atoms with Crippen molar-refractivity contribution in [3.05, 3.63) is 69.9 Å². The normalized spacial score (nSPS) is 14.6. The van der Waals surface area contributed by atoms with Crippen molar-refractivity contribution in [2.45, 2.75) is 33.1 Å². The highest BCUT2D eigenvalue weighted by Crippen LogP contribution is 2.35. The number of allylic oxidation sites excluding steroid dienone is 2. The molecule has 3 aromatic rings. The molecular formula is C23H20ClNO3. The highest BCUT2D eigenvalue weighted by Gasteiger charge is 2.24. The predicted octanol–water partition coefficient (Wildman–Crippen LogP) is 6.32. The van der Waals surface area contributed by atoms with Gasteiger partial charge in [-0.2, -0.15) is 0 Å². The minimum Gasteiger partial charge on any atom is -0.512 e. The van der Waals surface area contributed by atoms with Gasteiger partial charge < -0.3 is 9.84 Å². The molecule has 1 aliphatic carbocycles. The molecule has 1 aromatic heterocycles. The summed E-state index contributed by atoms with van der Waals surface area (Å²) in [5.74, 6) is 1.31. The Hall–Kier alpha value is -2.85. The van der Waals surface area contributed by atoms with Crippen LogP contribution in [0, 0.1) is 13.8 Å². The second-order valence-corrected chi connectivity index (χ2v) is 7.56. The van der Waals surface area contributed by atoms with E-state index in [0.29, 0.717) is 41.5 Å². The third-order valence-electron chi connectivity index (χ3n) is 4.99. The zero-order valence-corrected chi connectivity index (χ0v) is 16.5. The van der Waals surface area contributed by atoms with E-state index < -0.39 is 0 Å². The van der Waals surface area contributed by atoms with Crippen molar-refractivity contribution < 1.29 is 14.6 Å². The second-order valence-electron chi connectivity index (χ2n) is 7.12. The van der Waals surface area contributed by atoms with Crippen molar-refractivity contribution >= 4 is 33.9 Å². The molecular weight excluding hydrogens is 374 g/mol. The van der Waals surface area contributed by atoms with Crippen LogP contribution in [0.25, 0.3) is 16.5 Å². The average molecular weight is 394 g/mol. The Morgan fingerprint density at radius 3 is 2.50 bits per heavy atom. The van der Waals surface area contributed by atoms with E-state index >= 15 is 0 Å². The summed E-state index contributed by atoms with van der Waals surface area (Å²) in [5, 5.41) is 11.9. The SMILES string of the molecule is Cc1cc(Oc2ccc3cc(Cl)ccc3n2)cc(C)c1C1=C(O)CCCC1=O. The molecule has 0 bridgehead atoms. The topological polar surface area (TPSA) is 59.4 Å². The average Bonchev–Trinajstić information content (AvgIpc) is 2.63. The Bertz CT molecular complexity index is 1110. The number of benzene rings is 2. The fourth-order valence-corrected chi connectivity index (χ4v) is 3.92. The molecule has 1 aliphatic rings. The van der Waals surface area contributed by atoms with Crippen LogP contribution in [0.3, 0.4) is 0 Å². The largest absolute Gasteiger partial charge is 0.512 e. The Labute approximate surface area is 168 Å². The first-order valence-electron chi connectivity index (χ1n) is 9.23. The fraction of sp³-hybridized carbons (Fsp3) is 0.217. The van der Waals surface area contributed by atoms with Gasteiger partial charge in [-0.1, -0.05) is 11.6 Å². The number of carbonyl (C=O) groups excluding carboxylic acids is 1. The van der Waals surface area contributed by atoms with E-state index in [1.165, 1.54) is 0 Å². The Kier molecular flexibility index (Phi) is 4.82. The van der Waals surface area contributed by atoms with Crippen LogP contribution in [-0.4, -0.2) is 15.9 Å². The molecule has 0 spiro atoms. The summed E-state index contributed by atoms with van der Waals surface area (Å²) in [6.45, 7) is 3.85. The number of halogens is 1. The number of nitrogens with zero attached hydrogens (tertiary/aromatic N) is 1. The van der Waals surface area contributed by atoms with Gasteiger partial charge in [0.05, 0.1) is 11.1 Å². The van der Waals surface area contributed by atoms with Gasteiger partial charge in [0.15, 0.2) is 5.78 Å². The van der Waals surface area contributed by atoms with Crippen LogP contribution in [-0.2, 0) is 4.79 Å². The molecule has 4 rings (SSSR count). The van der Waals surface area contributed by atoms with E-state index in [9.17, 15) is 9.90 Å². The van der Waals surface area contributed by atoms with Crippen molar-refractivity contribution in [1.82, 2.24) is 4.98 Å². The standard InChI is InChI=1S/C23H20ClNO3/c1-13-10-17(11-14(2)22(13)23-19(26)4-3-5-20(23)27)28-21-9-6-15-12-16(24)7-8-18(15)25-21/h6-12,26H,3-5H2,1-2H3. The number of aliphatic hydroxyl groups is 1. The number of hydrogen-bond donors (Lipinski definition) is 1. The fourth-order valence-electron chi connectivity index (χ4n) is 3.74. The molecule has 4 nitrogen and oxygen atoms in total. The monoisotopic (exact) mass is 393 g/mol.